The van der Waals surface area contributed by atoms with E-state index in [1.54, 1.807) is 33.6 Å². The fourth-order valence-electron chi connectivity index (χ4n) is 2.45. The predicted octanol–water partition coefficient (Wildman–Crippen LogP) is 2.93. The van der Waals surface area contributed by atoms with Gasteiger partial charge in [0.2, 0.25) is 5.82 Å². The van der Waals surface area contributed by atoms with Crippen molar-refractivity contribution in [1.29, 1.82) is 0 Å². The predicted molar refractivity (Wildman–Crippen MR) is 118 cm³/mol. The van der Waals surface area contributed by atoms with Gasteiger partial charge in [-0.15, -0.1) is 24.0 Å². The third kappa shape index (κ3) is 5.38. The van der Waals surface area contributed by atoms with Crippen LogP contribution in [0, 0.1) is 0 Å². The van der Waals surface area contributed by atoms with Gasteiger partial charge in [0.05, 0.1) is 20.5 Å². The summed E-state index contributed by atoms with van der Waals surface area (Å²) in [7, 11) is 4.91. The highest BCUT2D eigenvalue weighted by Crippen LogP contribution is 2.29. The molecule has 3 aromatic rings. The molecule has 3 rings (SSSR count). The Morgan fingerprint density at radius 3 is 2.71 bits per heavy atom. The number of anilines is 1. The molecule has 0 saturated heterocycles. The molecular formula is C18H23IN6O3. The molecule has 0 atom stereocenters. The van der Waals surface area contributed by atoms with Gasteiger partial charge in [-0.2, -0.15) is 5.10 Å². The van der Waals surface area contributed by atoms with Crippen molar-refractivity contribution in [3.8, 4) is 23.1 Å². The van der Waals surface area contributed by atoms with Gasteiger partial charge in [0.1, 0.15) is 5.82 Å². The number of rotatable bonds is 7. The number of guanidine groups is 1. The summed E-state index contributed by atoms with van der Waals surface area (Å²) in [6, 6.07) is 9.19. The van der Waals surface area contributed by atoms with Crippen LogP contribution in [0.4, 0.5) is 5.69 Å². The van der Waals surface area contributed by atoms with Gasteiger partial charge in [0.25, 0.3) is 0 Å². The molecule has 10 heteroatoms. The molecule has 0 amide bonds. The van der Waals surface area contributed by atoms with Crippen LogP contribution in [0.1, 0.15) is 5.82 Å². The maximum atomic E-state index is 5.31. The van der Waals surface area contributed by atoms with E-state index in [2.05, 4.69) is 30.8 Å². The lowest BCUT2D eigenvalue weighted by Gasteiger charge is -2.13. The third-order valence-corrected chi connectivity index (χ3v) is 3.80. The van der Waals surface area contributed by atoms with Gasteiger partial charge in [-0.3, -0.25) is 10.1 Å². The van der Waals surface area contributed by atoms with Crippen molar-refractivity contribution in [3.05, 3.63) is 42.4 Å². The Kier molecular flexibility index (Phi) is 8.11. The number of methoxy groups -OCH3 is 2. The second-order valence-corrected chi connectivity index (χ2v) is 5.53. The van der Waals surface area contributed by atoms with Crippen molar-refractivity contribution >= 4 is 35.6 Å². The SMILES string of the molecule is CN=C(NCCc1nc(-c2ccco2)n[nH]1)Nc1ccc(OC)c(OC)c1.I. The maximum absolute atomic E-state index is 5.31. The van der Waals surface area contributed by atoms with Crippen LogP contribution in [0.25, 0.3) is 11.6 Å². The zero-order chi connectivity index (χ0) is 19.1. The largest absolute Gasteiger partial charge is 0.493 e. The van der Waals surface area contributed by atoms with Gasteiger partial charge >= 0.3 is 0 Å². The minimum Gasteiger partial charge on any atom is -0.493 e. The first kappa shape index (κ1) is 21.5. The van der Waals surface area contributed by atoms with Gasteiger partial charge < -0.3 is 24.5 Å². The minimum absolute atomic E-state index is 0. The number of aromatic nitrogens is 3. The van der Waals surface area contributed by atoms with E-state index in [1.165, 1.54) is 0 Å². The van der Waals surface area contributed by atoms with Crippen LogP contribution in [-0.4, -0.2) is 49.0 Å². The second kappa shape index (κ2) is 10.5. The number of furan rings is 1. The lowest BCUT2D eigenvalue weighted by atomic mass is 10.2. The molecule has 0 aliphatic carbocycles. The number of nitrogens with zero attached hydrogens (tertiary/aromatic N) is 3. The number of halogens is 1. The summed E-state index contributed by atoms with van der Waals surface area (Å²) in [4.78, 5) is 8.63. The van der Waals surface area contributed by atoms with Crippen LogP contribution < -0.4 is 20.1 Å². The summed E-state index contributed by atoms with van der Waals surface area (Å²) in [5.74, 6) is 3.89. The summed E-state index contributed by atoms with van der Waals surface area (Å²) in [6.07, 6.45) is 2.25. The zero-order valence-electron chi connectivity index (χ0n) is 15.9. The number of nitrogens with one attached hydrogen (secondary N) is 3. The van der Waals surface area contributed by atoms with Crippen molar-refractivity contribution in [1.82, 2.24) is 20.5 Å². The summed E-state index contributed by atoms with van der Waals surface area (Å²) < 4.78 is 15.8. The number of H-pyrrole nitrogens is 1. The summed E-state index contributed by atoms with van der Waals surface area (Å²) in [5.41, 5.74) is 0.834. The Morgan fingerprint density at radius 2 is 2.04 bits per heavy atom. The summed E-state index contributed by atoms with van der Waals surface area (Å²) >= 11 is 0. The summed E-state index contributed by atoms with van der Waals surface area (Å²) in [6.45, 7) is 0.625. The minimum atomic E-state index is 0. The number of aromatic amines is 1. The molecule has 0 spiro atoms. The first-order chi connectivity index (χ1) is 13.2. The van der Waals surface area contributed by atoms with E-state index in [0.717, 1.165) is 11.5 Å². The van der Waals surface area contributed by atoms with Crippen molar-refractivity contribution in [2.24, 2.45) is 4.99 Å². The second-order valence-electron chi connectivity index (χ2n) is 5.53. The molecule has 0 saturated carbocycles. The molecule has 2 heterocycles. The molecule has 1 aromatic carbocycles. The average Bonchev–Trinajstić information content (AvgIpc) is 3.38. The zero-order valence-corrected chi connectivity index (χ0v) is 18.2. The van der Waals surface area contributed by atoms with E-state index in [-0.39, 0.29) is 24.0 Å². The molecule has 3 N–H and O–H groups in total. The molecule has 0 unspecified atom stereocenters. The molecule has 0 aliphatic heterocycles. The maximum Gasteiger partial charge on any atom is 0.216 e. The van der Waals surface area contributed by atoms with E-state index in [9.17, 15) is 0 Å². The van der Waals surface area contributed by atoms with Crippen LogP contribution in [0.15, 0.2) is 46.0 Å². The van der Waals surface area contributed by atoms with Gasteiger partial charge in [-0.05, 0) is 24.3 Å². The van der Waals surface area contributed by atoms with E-state index in [0.29, 0.717) is 42.0 Å². The Balaban J connectivity index is 0.00000280. The monoisotopic (exact) mass is 498 g/mol. The first-order valence-corrected chi connectivity index (χ1v) is 8.38. The normalized spacial score (nSPS) is 10.9. The first-order valence-electron chi connectivity index (χ1n) is 8.38. The van der Waals surface area contributed by atoms with Crippen molar-refractivity contribution in [2.75, 3.05) is 33.1 Å². The Bertz CT molecular complexity index is 895. The molecule has 150 valence electrons. The molecule has 0 fully saturated rings. The van der Waals surface area contributed by atoms with Crippen molar-refractivity contribution in [3.63, 3.8) is 0 Å². The van der Waals surface area contributed by atoms with E-state index < -0.39 is 0 Å². The van der Waals surface area contributed by atoms with E-state index in [4.69, 9.17) is 13.9 Å². The smallest absolute Gasteiger partial charge is 0.216 e. The van der Waals surface area contributed by atoms with E-state index in [1.807, 2.05) is 24.3 Å². The number of hydrogen-bond donors (Lipinski definition) is 3. The average molecular weight is 498 g/mol. The Morgan fingerprint density at radius 1 is 1.21 bits per heavy atom. The number of hydrogen-bond acceptors (Lipinski definition) is 6. The Labute approximate surface area is 180 Å². The van der Waals surface area contributed by atoms with Gasteiger partial charge in [0.15, 0.2) is 23.2 Å². The van der Waals surface area contributed by atoms with E-state index >= 15 is 0 Å². The third-order valence-electron chi connectivity index (χ3n) is 3.80. The molecule has 0 aliphatic rings. The topological polar surface area (TPSA) is 110 Å². The van der Waals surface area contributed by atoms with Crippen LogP contribution in [-0.2, 0) is 6.42 Å². The standard InChI is InChI=1S/C18H22N6O3.HI/c1-19-18(21-12-6-7-13(25-2)15(11-12)26-3)20-9-8-16-22-17(24-23-16)14-5-4-10-27-14;/h4-7,10-11H,8-9H2,1-3H3,(H2,19,20,21)(H,22,23,24);1H. The van der Waals surface area contributed by atoms with Gasteiger partial charge in [-0.25, -0.2) is 4.98 Å². The summed E-state index contributed by atoms with van der Waals surface area (Å²) in [5, 5.41) is 13.5. The highest BCUT2D eigenvalue weighted by Gasteiger charge is 2.09. The number of aliphatic imine (C=N–C) groups is 1. The fourth-order valence-corrected chi connectivity index (χ4v) is 2.45. The molecule has 0 radical (unpaired) electrons. The molecule has 2 aromatic heterocycles. The van der Waals surface area contributed by atoms with Crippen molar-refractivity contribution < 1.29 is 13.9 Å². The lowest BCUT2D eigenvalue weighted by molar-refractivity contribution is 0.355. The molecular weight excluding hydrogens is 475 g/mol. The van der Waals surface area contributed by atoms with Crippen LogP contribution in [0.3, 0.4) is 0 Å². The van der Waals surface area contributed by atoms with Crippen LogP contribution in [0.5, 0.6) is 11.5 Å². The molecule has 28 heavy (non-hydrogen) atoms. The molecule has 0 bridgehead atoms. The lowest BCUT2D eigenvalue weighted by Crippen LogP contribution is -2.32. The Hall–Kier alpha value is -2.76. The fraction of sp³-hybridized carbons (Fsp3) is 0.278. The molecule has 9 nitrogen and oxygen atoms in total. The highest BCUT2D eigenvalue weighted by atomic mass is 127. The van der Waals surface area contributed by atoms with Crippen molar-refractivity contribution in [2.45, 2.75) is 6.42 Å². The van der Waals surface area contributed by atoms with Crippen LogP contribution in [0.2, 0.25) is 0 Å². The number of ether oxygens (including phenoxy) is 2. The highest BCUT2D eigenvalue weighted by molar-refractivity contribution is 14.0. The van der Waals surface area contributed by atoms with Gasteiger partial charge in [0, 0.05) is 31.8 Å². The number of benzene rings is 1. The quantitative estimate of drug-likeness (QED) is 0.261. The van der Waals surface area contributed by atoms with Gasteiger partial charge in [-0.1, -0.05) is 0 Å². The van der Waals surface area contributed by atoms with Crippen LogP contribution >= 0.6 is 24.0 Å².